The predicted octanol–water partition coefficient (Wildman–Crippen LogP) is 3.38. The number of carboxylic acids is 1. The number of nitrogens with one attached hydrogen (secondary N) is 1. The Bertz CT molecular complexity index is 938. The van der Waals surface area contributed by atoms with E-state index in [0.29, 0.717) is 11.6 Å². The fourth-order valence-corrected chi connectivity index (χ4v) is 3.65. The van der Waals surface area contributed by atoms with Crippen LogP contribution >= 0.6 is 11.3 Å². The fourth-order valence-electron chi connectivity index (χ4n) is 2.77. The minimum Gasteiger partial charge on any atom is -0.479 e. The highest BCUT2D eigenvalue weighted by molar-refractivity contribution is 7.10. The van der Waals surface area contributed by atoms with Crippen LogP contribution in [0.4, 0.5) is 5.69 Å². The number of nitrogens with zero attached hydrogens (tertiary/aromatic N) is 2. The number of carbonyl (C=O) groups excluding carboxylic acids is 1. The first-order chi connectivity index (χ1) is 13.6. The second-order valence-corrected chi connectivity index (χ2v) is 8.30. The largest absolute Gasteiger partial charge is 0.479 e. The second kappa shape index (κ2) is 8.40. The van der Waals surface area contributed by atoms with E-state index in [9.17, 15) is 14.7 Å². The molecule has 2 aromatic heterocycles. The standard InChI is InChI=1S/C20H23N3O5S/c1-11(2)14-10-29-15(23-14)6-5-12-7-13(9-21-8-12)22-18(24)16-17(19(25)26)28-20(3,4)27-16/h5-11,16-17H,1-4H3,(H,22,24)(H,25,26)/t16-,17-/m0/s1. The normalized spacial score (nSPS) is 21.0. The van der Waals surface area contributed by atoms with Crippen LogP contribution in [0, 0.1) is 0 Å². The van der Waals surface area contributed by atoms with Crippen molar-refractivity contribution in [3.63, 3.8) is 0 Å². The molecule has 0 radical (unpaired) electrons. The molecule has 0 saturated carbocycles. The predicted molar refractivity (Wildman–Crippen MR) is 109 cm³/mol. The molecule has 0 unspecified atom stereocenters. The maximum atomic E-state index is 12.5. The molecule has 3 heterocycles. The quantitative estimate of drug-likeness (QED) is 0.741. The molecule has 9 heteroatoms. The van der Waals surface area contributed by atoms with E-state index in [0.717, 1.165) is 16.3 Å². The summed E-state index contributed by atoms with van der Waals surface area (Å²) in [7, 11) is 0. The Labute approximate surface area is 172 Å². The van der Waals surface area contributed by atoms with Crippen LogP contribution in [-0.2, 0) is 19.1 Å². The molecule has 2 aromatic rings. The Kier molecular flexibility index (Phi) is 6.11. The zero-order chi connectivity index (χ0) is 21.2. The van der Waals surface area contributed by atoms with Crippen LogP contribution < -0.4 is 5.32 Å². The molecule has 1 amide bonds. The zero-order valence-electron chi connectivity index (χ0n) is 16.6. The Morgan fingerprint density at radius 2 is 1.97 bits per heavy atom. The van der Waals surface area contributed by atoms with E-state index < -0.39 is 29.9 Å². The molecular formula is C20H23N3O5S. The van der Waals surface area contributed by atoms with Gasteiger partial charge in [0.05, 0.1) is 17.6 Å². The van der Waals surface area contributed by atoms with Gasteiger partial charge >= 0.3 is 5.97 Å². The Morgan fingerprint density at radius 3 is 2.62 bits per heavy atom. The van der Waals surface area contributed by atoms with Crippen LogP contribution in [-0.4, -0.2) is 44.9 Å². The van der Waals surface area contributed by atoms with Crippen LogP contribution in [0.3, 0.4) is 0 Å². The number of aliphatic carboxylic acids is 1. The highest BCUT2D eigenvalue weighted by atomic mass is 32.1. The van der Waals surface area contributed by atoms with Gasteiger partial charge in [-0.15, -0.1) is 11.3 Å². The molecule has 1 fully saturated rings. The van der Waals surface area contributed by atoms with Crippen molar-refractivity contribution in [3.8, 4) is 0 Å². The molecule has 8 nitrogen and oxygen atoms in total. The topological polar surface area (TPSA) is 111 Å². The molecule has 1 aliphatic rings. The fraction of sp³-hybridized carbons (Fsp3) is 0.400. The molecular weight excluding hydrogens is 394 g/mol. The summed E-state index contributed by atoms with van der Waals surface area (Å²) < 4.78 is 10.8. The summed E-state index contributed by atoms with van der Waals surface area (Å²) in [5, 5.41) is 14.8. The first kappa shape index (κ1) is 21.1. The highest BCUT2D eigenvalue weighted by Gasteiger charge is 2.49. The van der Waals surface area contributed by atoms with E-state index in [4.69, 9.17) is 9.47 Å². The van der Waals surface area contributed by atoms with Crippen molar-refractivity contribution in [2.75, 3.05) is 5.32 Å². The van der Waals surface area contributed by atoms with Gasteiger partial charge in [0.15, 0.2) is 18.0 Å². The van der Waals surface area contributed by atoms with Gasteiger partial charge in [-0.2, -0.15) is 0 Å². The average molecular weight is 417 g/mol. The van der Waals surface area contributed by atoms with Gasteiger partial charge < -0.3 is 19.9 Å². The van der Waals surface area contributed by atoms with Crippen molar-refractivity contribution in [3.05, 3.63) is 40.1 Å². The molecule has 1 saturated heterocycles. The SMILES string of the molecule is CC(C)c1csc(C=Cc2cncc(NC(=O)[C@H]3OC(C)(C)O[C@@H]3C(=O)O)c2)n1. The summed E-state index contributed by atoms with van der Waals surface area (Å²) in [6.07, 6.45) is 4.24. The van der Waals surface area contributed by atoms with E-state index in [1.807, 2.05) is 17.5 Å². The number of ether oxygens (including phenoxy) is 2. The number of carbonyl (C=O) groups is 2. The van der Waals surface area contributed by atoms with Gasteiger partial charge in [0.25, 0.3) is 5.91 Å². The number of aromatic nitrogens is 2. The van der Waals surface area contributed by atoms with Gasteiger partial charge in [0.1, 0.15) is 5.01 Å². The zero-order valence-corrected chi connectivity index (χ0v) is 17.4. The number of anilines is 1. The van der Waals surface area contributed by atoms with E-state index in [1.165, 1.54) is 6.20 Å². The lowest BCUT2D eigenvalue weighted by Gasteiger charge is -2.16. The first-order valence-electron chi connectivity index (χ1n) is 9.12. The highest BCUT2D eigenvalue weighted by Crippen LogP contribution is 2.29. The van der Waals surface area contributed by atoms with Gasteiger partial charge in [-0.05, 0) is 37.5 Å². The molecule has 154 valence electrons. The third kappa shape index (κ3) is 5.26. The molecule has 2 atom stereocenters. The third-order valence-corrected chi connectivity index (χ3v) is 5.00. The molecule has 1 aliphatic heterocycles. The van der Waals surface area contributed by atoms with Crippen molar-refractivity contribution in [1.82, 2.24) is 9.97 Å². The Hall–Kier alpha value is -2.62. The van der Waals surface area contributed by atoms with E-state index >= 15 is 0 Å². The number of hydrogen-bond acceptors (Lipinski definition) is 7. The minimum absolute atomic E-state index is 0.370. The summed E-state index contributed by atoms with van der Waals surface area (Å²) in [4.78, 5) is 32.6. The summed E-state index contributed by atoms with van der Waals surface area (Å²) in [5.74, 6) is -2.65. The van der Waals surface area contributed by atoms with Crippen LogP contribution in [0.1, 0.15) is 49.9 Å². The van der Waals surface area contributed by atoms with Gasteiger partial charge in [-0.25, -0.2) is 9.78 Å². The number of amides is 1. The van der Waals surface area contributed by atoms with Crippen LogP contribution in [0.5, 0.6) is 0 Å². The Balaban J connectivity index is 1.70. The smallest absolute Gasteiger partial charge is 0.336 e. The van der Waals surface area contributed by atoms with Crippen LogP contribution in [0.15, 0.2) is 23.8 Å². The van der Waals surface area contributed by atoms with Crippen LogP contribution in [0.25, 0.3) is 12.2 Å². The van der Waals surface area contributed by atoms with Gasteiger partial charge in [0, 0.05) is 11.6 Å². The van der Waals surface area contributed by atoms with Gasteiger partial charge in [-0.3, -0.25) is 9.78 Å². The Morgan fingerprint density at radius 1 is 1.24 bits per heavy atom. The lowest BCUT2D eigenvalue weighted by atomic mass is 10.2. The van der Waals surface area contributed by atoms with Crippen LogP contribution in [0.2, 0.25) is 0 Å². The minimum atomic E-state index is -1.37. The first-order valence-corrected chi connectivity index (χ1v) is 10.0. The third-order valence-electron chi connectivity index (χ3n) is 4.17. The molecule has 2 N–H and O–H groups in total. The van der Waals surface area contributed by atoms with Crippen molar-refractivity contribution in [1.29, 1.82) is 0 Å². The lowest BCUT2D eigenvalue weighted by Crippen LogP contribution is -2.40. The van der Waals surface area contributed by atoms with Crippen molar-refractivity contribution in [2.45, 2.75) is 51.6 Å². The molecule has 0 aliphatic carbocycles. The lowest BCUT2D eigenvalue weighted by molar-refractivity contribution is -0.166. The average Bonchev–Trinajstić information content (AvgIpc) is 3.24. The van der Waals surface area contributed by atoms with Crippen molar-refractivity contribution >= 4 is 41.1 Å². The second-order valence-electron chi connectivity index (χ2n) is 7.41. The summed E-state index contributed by atoms with van der Waals surface area (Å²) >= 11 is 1.56. The number of carboxylic acid groups (broad SMARTS) is 1. The molecule has 0 spiro atoms. The van der Waals surface area contributed by atoms with E-state index in [-0.39, 0.29) is 0 Å². The number of rotatable bonds is 6. The molecule has 0 aromatic carbocycles. The molecule has 0 bridgehead atoms. The summed E-state index contributed by atoms with van der Waals surface area (Å²) in [5.41, 5.74) is 2.24. The van der Waals surface area contributed by atoms with Gasteiger partial charge in [0.2, 0.25) is 0 Å². The van der Waals surface area contributed by atoms with Crippen molar-refractivity contribution in [2.24, 2.45) is 0 Å². The van der Waals surface area contributed by atoms with E-state index in [1.54, 1.807) is 37.4 Å². The molecule has 29 heavy (non-hydrogen) atoms. The number of hydrogen-bond donors (Lipinski definition) is 2. The monoisotopic (exact) mass is 417 g/mol. The molecule has 3 rings (SSSR count). The number of thiazole rings is 1. The summed E-state index contributed by atoms with van der Waals surface area (Å²) in [6.45, 7) is 7.31. The van der Waals surface area contributed by atoms with Crippen molar-refractivity contribution < 1.29 is 24.2 Å². The maximum absolute atomic E-state index is 12.5. The maximum Gasteiger partial charge on any atom is 0.336 e. The van der Waals surface area contributed by atoms with Gasteiger partial charge in [-0.1, -0.05) is 19.9 Å². The van der Waals surface area contributed by atoms with E-state index in [2.05, 4.69) is 29.1 Å². The summed E-state index contributed by atoms with van der Waals surface area (Å²) in [6, 6.07) is 1.73. The number of pyridine rings is 1.